The van der Waals surface area contributed by atoms with Gasteiger partial charge in [0.25, 0.3) is 11.8 Å². The smallest absolute Gasteiger partial charge is 0.262 e. The first-order chi connectivity index (χ1) is 15.4. The van der Waals surface area contributed by atoms with Gasteiger partial charge in [-0.25, -0.2) is 0 Å². The number of hydrogen-bond acceptors (Lipinski definition) is 5. The molecule has 0 aliphatic heterocycles. The number of anilines is 2. The lowest BCUT2D eigenvalue weighted by atomic mass is 10.2. The number of hydrogen-bond donors (Lipinski definition) is 2. The van der Waals surface area contributed by atoms with E-state index >= 15 is 0 Å². The van der Waals surface area contributed by atoms with Crippen LogP contribution in [0.1, 0.15) is 10.4 Å². The number of amides is 2. The van der Waals surface area contributed by atoms with Crippen LogP contribution in [0, 0.1) is 0 Å². The van der Waals surface area contributed by atoms with Crippen molar-refractivity contribution < 1.29 is 23.8 Å². The molecule has 166 valence electrons. The normalized spacial score (nSPS) is 10.2. The Kier molecular flexibility index (Phi) is 7.81. The van der Waals surface area contributed by atoms with Crippen LogP contribution < -0.4 is 24.8 Å². The Bertz CT molecular complexity index is 1120. The summed E-state index contributed by atoms with van der Waals surface area (Å²) >= 11 is 11.9. The molecule has 0 spiro atoms. The van der Waals surface area contributed by atoms with Crippen LogP contribution in [0.25, 0.3) is 0 Å². The number of ether oxygens (including phenoxy) is 3. The highest BCUT2D eigenvalue weighted by molar-refractivity contribution is 6.42. The number of carbonyl (C=O) groups is 2. The number of halogens is 2. The van der Waals surface area contributed by atoms with Crippen molar-refractivity contribution in [3.05, 3.63) is 76.3 Å². The first-order valence-corrected chi connectivity index (χ1v) is 10.2. The molecule has 2 amide bonds. The van der Waals surface area contributed by atoms with Gasteiger partial charge in [-0.15, -0.1) is 0 Å². The number of nitrogens with one attached hydrogen (secondary N) is 2. The van der Waals surface area contributed by atoms with E-state index in [2.05, 4.69) is 10.6 Å². The summed E-state index contributed by atoms with van der Waals surface area (Å²) in [6.45, 7) is -0.239. The van der Waals surface area contributed by atoms with Gasteiger partial charge in [0, 0.05) is 16.9 Å². The molecule has 0 saturated carbocycles. The summed E-state index contributed by atoms with van der Waals surface area (Å²) in [4.78, 5) is 24.7. The maximum absolute atomic E-state index is 12.5. The first kappa shape index (κ1) is 23.2. The molecule has 0 radical (unpaired) electrons. The van der Waals surface area contributed by atoms with Gasteiger partial charge in [0.15, 0.2) is 18.1 Å². The fourth-order valence-corrected chi connectivity index (χ4v) is 3.02. The van der Waals surface area contributed by atoms with Crippen LogP contribution in [0.5, 0.6) is 17.2 Å². The highest BCUT2D eigenvalue weighted by Gasteiger charge is 2.13. The SMILES string of the molecule is COc1ccc(NC(=O)COc2ccc(C(=O)Nc3ccc(Cl)c(Cl)c3)cc2OC)cc1. The summed E-state index contributed by atoms with van der Waals surface area (Å²) in [6.07, 6.45) is 0. The molecule has 0 aliphatic carbocycles. The summed E-state index contributed by atoms with van der Waals surface area (Å²) in [5, 5.41) is 6.18. The number of carbonyl (C=O) groups excluding carboxylic acids is 2. The lowest BCUT2D eigenvalue weighted by Gasteiger charge is -2.13. The molecule has 2 N–H and O–H groups in total. The van der Waals surface area contributed by atoms with Crippen LogP contribution in [0.4, 0.5) is 11.4 Å². The highest BCUT2D eigenvalue weighted by Crippen LogP contribution is 2.29. The van der Waals surface area contributed by atoms with Crippen LogP contribution >= 0.6 is 23.2 Å². The third-order valence-electron chi connectivity index (χ3n) is 4.34. The minimum absolute atomic E-state index is 0.239. The predicted octanol–water partition coefficient (Wildman–Crippen LogP) is 5.28. The molecule has 3 aromatic carbocycles. The maximum atomic E-state index is 12.5. The molecule has 0 saturated heterocycles. The molecule has 0 bridgehead atoms. The Balaban J connectivity index is 1.61. The molecule has 9 heteroatoms. The molecule has 0 atom stereocenters. The summed E-state index contributed by atoms with van der Waals surface area (Å²) in [7, 11) is 3.01. The van der Waals surface area contributed by atoms with Crippen LogP contribution in [0.2, 0.25) is 10.0 Å². The quantitative estimate of drug-likeness (QED) is 0.463. The lowest BCUT2D eigenvalue weighted by molar-refractivity contribution is -0.118. The van der Waals surface area contributed by atoms with Gasteiger partial charge in [0.05, 0.1) is 24.3 Å². The van der Waals surface area contributed by atoms with Crippen molar-refractivity contribution in [3.8, 4) is 17.2 Å². The molecular weight excluding hydrogens is 455 g/mol. The van der Waals surface area contributed by atoms with Crippen molar-refractivity contribution in [1.29, 1.82) is 0 Å². The fourth-order valence-electron chi connectivity index (χ4n) is 2.72. The Labute approximate surface area is 195 Å². The highest BCUT2D eigenvalue weighted by atomic mass is 35.5. The number of rotatable bonds is 8. The van der Waals surface area contributed by atoms with E-state index in [1.165, 1.54) is 13.2 Å². The fraction of sp³-hybridized carbons (Fsp3) is 0.130. The van der Waals surface area contributed by atoms with Gasteiger partial charge < -0.3 is 24.8 Å². The second-order valence-corrected chi connectivity index (χ2v) is 7.33. The third-order valence-corrected chi connectivity index (χ3v) is 5.07. The number of methoxy groups -OCH3 is 2. The molecule has 32 heavy (non-hydrogen) atoms. The molecule has 0 aliphatic rings. The van der Waals surface area contributed by atoms with Gasteiger partial charge in [-0.05, 0) is 60.7 Å². The van der Waals surface area contributed by atoms with Crippen molar-refractivity contribution in [2.75, 3.05) is 31.5 Å². The van der Waals surface area contributed by atoms with E-state index in [-0.39, 0.29) is 18.4 Å². The lowest BCUT2D eigenvalue weighted by Crippen LogP contribution is -2.20. The van der Waals surface area contributed by atoms with E-state index in [0.29, 0.717) is 44.2 Å². The molecule has 0 heterocycles. The van der Waals surface area contributed by atoms with E-state index in [1.54, 1.807) is 61.7 Å². The molecule has 0 fully saturated rings. The topological polar surface area (TPSA) is 85.9 Å². The van der Waals surface area contributed by atoms with Crippen LogP contribution in [0.3, 0.4) is 0 Å². The zero-order chi connectivity index (χ0) is 23.1. The Morgan fingerprint density at radius 2 is 1.50 bits per heavy atom. The molecular formula is C23H20Cl2N2O5. The van der Waals surface area contributed by atoms with Gasteiger partial charge in [-0.1, -0.05) is 23.2 Å². The van der Waals surface area contributed by atoms with E-state index in [0.717, 1.165) is 0 Å². The Hall–Kier alpha value is -3.42. The van der Waals surface area contributed by atoms with Crippen molar-refractivity contribution in [2.45, 2.75) is 0 Å². The second-order valence-electron chi connectivity index (χ2n) is 6.51. The standard InChI is InChI=1S/C23H20Cl2N2O5/c1-30-17-7-4-15(5-8-17)26-22(28)13-32-20-10-3-14(11-21(20)31-2)23(29)27-16-6-9-18(24)19(25)12-16/h3-12H,13H2,1-2H3,(H,26,28)(H,27,29). The monoisotopic (exact) mass is 474 g/mol. The average Bonchev–Trinajstić information content (AvgIpc) is 2.80. The van der Waals surface area contributed by atoms with E-state index in [1.807, 2.05) is 0 Å². The zero-order valence-electron chi connectivity index (χ0n) is 17.3. The summed E-state index contributed by atoms with van der Waals surface area (Å²) < 4.78 is 16.0. The first-order valence-electron chi connectivity index (χ1n) is 9.40. The average molecular weight is 475 g/mol. The summed E-state index contributed by atoms with van der Waals surface area (Å²) in [5.41, 5.74) is 1.45. The predicted molar refractivity (Wildman–Crippen MR) is 125 cm³/mol. The largest absolute Gasteiger partial charge is 0.497 e. The van der Waals surface area contributed by atoms with Gasteiger partial charge in [-0.2, -0.15) is 0 Å². The molecule has 7 nitrogen and oxygen atoms in total. The maximum Gasteiger partial charge on any atom is 0.262 e. The van der Waals surface area contributed by atoms with Crippen molar-refractivity contribution in [1.82, 2.24) is 0 Å². The van der Waals surface area contributed by atoms with E-state index in [9.17, 15) is 9.59 Å². The van der Waals surface area contributed by atoms with Crippen LogP contribution in [-0.4, -0.2) is 32.6 Å². The van der Waals surface area contributed by atoms with E-state index < -0.39 is 0 Å². The summed E-state index contributed by atoms with van der Waals surface area (Å²) in [5.74, 6) is 0.601. The third kappa shape index (κ3) is 6.06. The van der Waals surface area contributed by atoms with Crippen molar-refractivity contribution >= 4 is 46.4 Å². The second kappa shape index (κ2) is 10.7. The Morgan fingerprint density at radius 1 is 0.781 bits per heavy atom. The molecule has 0 aromatic heterocycles. The van der Waals surface area contributed by atoms with E-state index in [4.69, 9.17) is 37.4 Å². The Morgan fingerprint density at radius 3 is 2.16 bits per heavy atom. The van der Waals surface area contributed by atoms with Gasteiger partial charge in [0.1, 0.15) is 5.75 Å². The summed E-state index contributed by atoms with van der Waals surface area (Å²) in [6, 6.07) is 16.3. The van der Waals surface area contributed by atoms with Gasteiger partial charge in [0.2, 0.25) is 0 Å². The minimum atomic E-state index is -0.370. The van der Waals surface area contributed by atoms with Gasteiger partial charge in [-0.3, -0.25) is 9.59 Å². The minimum Gasteiger partial charge on any atom is -0.497 e. The van der Waals surface area contributed by atoms with Crippen molar-refractivity contribution in [3.63, 3.8) is 0 Å². The van der Waals surface area contributed by atoms with Gasteiger partial charge >= 0.3 is 0 Å². The van der Waals surface area contributed by atoms with Crippen LogP contribution in [-0.2, 0) is 4.79 Å². The van der Waals surface area contributed by atoms with Crippen LogP contribution in [0.15, 0.2) is 60.7 Å². The molecule has 3 aromatic rings. The molecule has 3 rings (SSSR count). The number of benzene rings is 3. The molecule has 0 unspecified atom stereocenters. The van der Waals surface area contributed by atoms with Crippen molar-refractivity contribution in [2.24, 2.45) is 0 Å². The zero-order valence-corrected chi connectivity index (χ0v) is 18.8.